The first-order valence-electron chi connectivity index (χ1n) is 10.9. The van der Waals surface area contributed by atoms with Crippen LogP contribution in [0, 0.1) is 6.92 Å². The molecule has 0 atom stereocenters. The van der Waals surface area contributed by atoms with Crippen molar-refractivity contribution >= 4 is 0 Å². The number of aromatic nitrogens is 1. The maximum absolute atomic E-state index is 2.42. The Morgan fingerprint density at radius 3 is 1.85 bits per heavy atom. The van der Waals surface area contributed by atoms with E-state index >= 15 is 0 Å². The number of hydrogen-bond donors (Lipinski definition) is 0. The average Bonchev–Trinajstić information content (AvgIpc) is 2.63. The summed E-state index contributed by atoms with van der Waals surface area (Å²) in [5, 5.41) is 0. The molecule has 0 aliphatic carbocycles. The molecule has 2 heteroatoms. The highest BCUT2D eigenvalue weighted by Crippen LogP contribution is 2.10. The van der Waals surface area contributed by atoms with Crippen LogP contribution in [0.15, 0.2) is 36.5 Å². The van der Waals surface area contributed by atoms with Crippen LogP contribution >= 0.6 is 0 Å². The monoisotopic (exact) mass is 379 g/mol. The van der Waals surface area contributed by atoms with Gasteiger partial charge in [0.1, 0.15) is 6.54 Å². The molecule has 0 amide bonds. The normalized spacial score (nSPS) is 11.0. The number of pyridine rings is 1. The van der Waals surface area contributed by atoms with E-state index < -0.39 is 0 Å². The van der Waals surface area contributed by atoms with Crippen molar-refractivity contribution in [3.8, 4) is 0 Å². The summed E-state index contributed by atoms with van der Waals surface area (Å²) in [6, 6.07) is 6.45. The summed E-state index contributed by atoms with van der Waals surface area (Å²) in [4.78, 5) is 0. The van der Waals surface area contributed by atoms with Gasteiger partial charge in [-0.3, -0.25) is 0 Å². The first-order valence-corrected chi connectivity index (χ1v) is 10.9. The molecule has 0 fully saturated rings. The lowest BCUT2D eigenvalue weighted by atomic mass is 10.1. The van der Waals surface area contributed by atoms with Crippen LogP contribution in [0.1, 0.15) is 103 Å². The van der Waals surface area contributed by atoms with Gasteiger partial charge in [0, 0.05) is 25.5 Å². The van der Waals surface area contributed by atoms with Crippen molar-refractivity contribution < 1.29 is 17.0 Å². The molecule has 0 radical (unpaired) electrons. The number of halogens is 1. The quantitative estimate of drug-likeness (QED) is 0.229. The number of hydrogen-bond acceptors (Lipinski definition) is 0. The van der Waals surface area contributed by atoms with Crippen molar-refractivity contribution in [3.05, 3.63) is 42.2 Å². The van der Waals surface area contributed by atoms with Crippen molar-refractivity contribution in [3.63, 3.8) is 0 Å². The molecule has 0 N–H and O–H groups in total. The van der Waals surface area contributed by atoms with Gasteiger partial charge in [0.05, 0.1) is 0 Å². The van der Waals surface area contributed by atoms with E-state index in [-0.39, 0.29) is 12.4 Å². The minimum Gasteiger partial charge on any atom is -1.00 e. The van der Waals surface area contributed by atoms with Crippen LogP contribution in [0.2, 0.25) is 0 Å². The molecule has 0 spiro atoms. The Morgan fingerprint density at radius 1 is 0.731 bits per heavy atom. The molecule has 1 nitrogen and oxygen atoms in total. The van der Waals surface area contributed by atoms with Gasteiger partial charge < -0.3 is 12.4 Å². The molecule has 150 valence electrons. The zero-order valence-electron chi connectivity index (χ0n) is 17.4. The van der Waals surface area contributed by atoms with Gasteiger partial charge in [0.25, 0.3) is 0 Å². The van der Waals surface area contributed by atoms with E-state index in [1.54, 1.807) is 0 Å². The third-order valence-corrected chi connectivity index (χ3v) is 5.08. The van der Waals surface area contributed by atoms with E-state index in [0.717, 1.165) is 0 Å². The molecule has 1 heterocycles. The summed E-state index contributed by atoms with van der Waals surface area (Å²) in [5.41, 5.74) is 1.37. The lowest BCUT2D eigenvalue weighted by Crippen LogP contribution is -3.00. The van der Waals surface area contributed by atoms with Gasteiger partial charge in [-0.1, -0.05) is 76.5 Å². The minimum atomic E-state index is 0. The standard InChI is InChI=1S/C24H42N.ClH/c1-3-4-5-6-7-8-9-10-11-12-13-14-15-16-17-19-22-25-23-20-18-21-24(25)2;/h10-11,18,20-21,23H,3-9,12-17,19,22H2,1-2H3;1H/q+1;/p-1/b11-10-;. The van der Waals surface area contributed by atoms with Crippen LogP contribution in [0.4, 0.5) is 0 Å². The van der Waals surface area contributed by atoms with Gasteiger partial charge in [-0.05, 0) is 32.1 Å². The molecule has 1 aromatic rings. The highest BCUT2D eigenvalue weighted by atomic mass is 35.5. The van der Waals surface area contributed by atoms with Crippen molar-refractivity contribution in [2.24, 2.45) is 0 Å². The van der Waals surface area contributed by atoms with Crippen LogP contribution in [0.25, 0.3) is 0 Å². The maximum atomic E-state index is 2.42. The van der Waals surface area contributed by atoms with Crippen molar-refractivity contribution in [2.75, 3.05) is 0 Å². The Kier molecular flexibility index (Phi) is 18.4. The molecule has 0 bridgehead atoms. The molecule has 0 saturated heterocycles. The van der Waals surface area contributed by atoms with Gasteiger partial charge in [0.15, 0.2) is 11.9 Å². The Balaban J connectivity index is 0.00000625. The third kappa shape index (κ3) is 14.4. The predicted octanol–water partition coefficient (Wildman–Crippen LogP) is 4.32. The summed E-state index contributed by atoms with van der Waals surface area (Å²) >= 11 is 0. The third-order valence-electron chi connectivity index (χ3n) is 5.08. The number of unbranched alkanes of at least 4 members (excludes halogenated alkanes) is 12. The smallest absolute Gasteiger partial charge is 0.178 e. The van der Waals surface area contributed by atoms with E-state index in [4.69, 9.17) is 0 Å². The fourth-order valence-corrected chi connectivity index (χ4v) is 3.34. The molecule has 0 saturated carbocycles. The van der Waals surface area contributed by atoms with Gasteiger partial charge in [-0.2, -0.15) is 0 Å². The summed E-state index contributed by atoms with van der Waals surface area (Å²) in [6.45, 7) is 5.65. The molecule has 0 aliphatic rings. The fourth-order valence-electron chi connectivity index (χ4n) is 3.34. The SMILES string of the molecule is CCCCCCCC/C=C\CCCCCCCC[n+]1ccccc1C.[Cl-]. The van der Waals surface area contributed by atoms with Crippen LogP contribution in [-0.4, -0.2) is 0 Å². The highest BCUT2D eigenvalue weighted by Gasteiger charge is 2.02. The van der Waals surface area contributed by atoms with E-state index in [2.05, 4.69) is 55.0 Å². The number of allylic oxidation sites excluding steroid dienone is 2. The minimum absolute atomic E-state index is 0. The number of rotatable bonds is 16. The van der Waals surface area contributed by atoms with Crippen LogP contribution < -0.4 is 17.0 Å². The topological polar surface area (TPSA) is 3.88 Å². The summed E-state index contributed by atoms with van der Waals surface area (Å²) in [5.74, 6) is 0. The zero-order chi connectivity index (χ0) is 18.0. The van der Waals surface area contributed by atoms with Crippen molar-refractivity contribution in [1.82, 2.24) is 0 Å². The summed E-state index contributed by atoms with van der Waals surface area (Å²) in [7, 11) is 0. The Morgan fingerprint density at radius 2 is 1.27 bits per heavy atom. The summed E-state index contributed by atoms with van der Waals surface area (Å²) < 4.78 is 2.37. The summed E-state index contributed by atoms with van der Waals surface area (Å²) in [6.07, 6.45) is 26.3. The molecule has 0 aromatic carbocycles. The number of aryl methyl sites for hydroxylation is 2. The lowest BCUT2D eigenvalue weighted by Gasteiger charge is -2.01. The lowest BCUT2D eigenvalue weighted by molar-refractivity contribution is -0.703. The number of nitrogens with zero attached hydrogens (tertiary/aromatic N) is 1. The van der Waals surface area contributed by atoms with Crippen LogP contribution in [0.3, 0.4) is 0 Å². The maximum Gasteiger partial charge on any atom is 0.178 e. The molecule has 1 rings (SSSR count). The van der Waals surface area contributed by atoms with Gasteiger partial charge >= 0.3 is 0 Å². The van der Waals surface area contributed by atoms with E-state index in [0.29, 0.717) is 0 Å². The largest absolute Gasteiger partial charge is 1.00 e. The van der Waals surface area contributed by atoms with Gasteiger partial charge in [-0.15, -0.1) is 0 Å². The zero-order valence-corrected chi connectivity index (χ0v) is 18.2. The van der Waals surface area contributed by atoms with Crippen LogP contribution in [-0.2, 0) is 6.54 Å². The first kappa shape index (κ1) is 25.2. The first-order chi connectivity index (χ1) is 12.3. The molecule has 1 aromatic heterocycles. The Hall–Kier alpha value is -0.820. The second-order valence-corrected chi connectivity index (χ2v) is 7.47. The predicted molar refractivity (Wildman–Crippen MR) is 111 cm³/mol. The van der Waals surface area contributed by atoms with Crippen LogP contribution in [0.5, 0.6) is 0 Å². The van der Waals surface area contributed by atoms with E-state index in [1.165, 1.54) is 102 Å². The van der Waals surface area contributed by atoms with E-state index in [9.17, 15) is 0 Å². The molecular formula is C24H42ClN. The van der Waals surface area contributed by atoms with Gasteiger partial charge in [-0.25, -0.2) is 4.57 Å². The second-order valence-electron chi connectivity index (χ2n) is 7.47. The Bertz CT molecular complexity index is 442. The Labute approximate surface area is 169 Å². The fraction of sp³-hybridized carbons (Fsp3) is 0.708. The highest BCUT2D eigenvalue weighted by molar-refractivity contribution is 4.93. The molecular weight excluding hydrogens is 338 g/mol. The van der Waals surface area contributed by atoms with E-state index in [1.807, 2.05) is 0 Å². The average molecular weight is 380 g/mol. The van der Waals surface area contributed by atoms with Gasteiger partial charge in [0.2, 0.25) is 0 Å². The second kappa shape index (κ2) is 19.0. The molecule has 0 unspecified atom stereocenters. The van der Waals surface area contributed by atoms with Crippen molar-refractivity contribution in [2.45, 2.75) is 110 Å². The molecule has 26 heavy (non-hydrogen) atoms. The molecule has 0 aliphatic heterocycles. The van der Waals surface area contributed by atoms with Crippen molar-refractivity contribution in [1.29, 1.82) is 0 Å².